The van der Waals surface area contributed by atoms with Crippen LogP contribution in [0.3, 0.4) is 0 Å². The van der Waals surface area contributed by atoms with Crippen LogP contribution in [0.4, 0.5) is 10.5 Å². The highest BCUT2D eigenvalue weighted by Crippen LogP contribution is 2.34. The SMILES string of the molecule is CC(C)c1cc(/C=N/NC(=O)Nc2ccc3c(ccn3C)c2)c(OCc2ccccc2)cc1OCc1ccccc1. The first-order chi connectivity index (χ1) is 20.0. The van der Waals surface area contributed by atoms with Crippen LogP contribution in [0.1, 0.15) is 42.0 Å². The molecule has 0 aliphatic carbocycles. The fraction of sp³-hybridized carbons (Fsp3) is 0.176. The fourth-order valence-electron chi connectivity index (χ4n) is 4.55. The molecular weight excluding hydrogens is 512 g/mol. The number of nitrogens with one attached hydrogen (secondary N) is 2. The lowest BCUT2D eigenvalue weighted by Crippen LogP contribution is -2.24. The third-order valence-corrected chi connectivity index (χ3v) is 6.75. The number of amides is 2. The Balaban J connectivity index is 1.34. The number of urea groups is 1. The van der Waals surface area contributed by atoms with E-state index >= 15 is 0 Å². The molecule has 0 aliphatic rings. The Bertz CT molecular complexity index is 1640. The molecule has 0 saturated heterocycles. The smallest absolute Gasteiger partial charge is 0.339 e. The minimum Gasteiger partial charge on any atom is -0.488 e. The van der Waals surface area contributed by atoms with Gasteiger partial charge in [0.1, 0.15) is 24.7 Å². The van der Waals surface area contributed by atoms with Gasteiger partial charge in [-0.2, -0.15) is 5.10 Å². The number of nitrogens with zero attached hydrogens (tertiary/aromatic N) is 2. The Kier molecular flexibility index (Phi) is 8.64. The number of anilines is 1. The highest BCUT2D eigenvalue weighted by atomic mass is 16.5. The lowest BCUT2D eigenvalue weighted by molar-refractivity contribution is 0.252. The summed E-state index contributed by atoms with van der Waals surface area (Å²) in [5, 5.41) is 8.12. The van der Waals surface area contributed by atoms with E-state index < -0.39 is 6.03 Å². The monoisotopic (exact) mass is 546 g/mol. The minimum atomic E-state index is -0.435. The van der Waals surface area contributed by atoms with Gasteiger partial charge in [-0.1, -0.05) is 74.5 Å². The number of benzene rings is 4. The number of aromatic nitrogens is 1. The predicted octanol–water partition coefficient (Wildman–Crippen LogP) is 7.62. The van der Waals surface area contributed by atoms with Gasteiger partial charge < -0.3 is 19.4 Å². The summed E-state index contributed by atoms with van der Waals surface area (Å²) in [5.74, 6) is 1.56. The van der Waals surface area contributed by atoms with Crippen LogP contribution >= 0.6 is 0 Å². The summed E-state index contributed by atoms with van der Waals surface area (Å²) in [6.45, 7) is 5.07. The van der Waals surface area contributed by atoms with E-state index in [0.717, 1.165) is 38.9 Å². The normalized spacial score (nSPS) is 11.2. The van der Waals surface area contributed by atoms with Crippen molar-refractivity contribution in [2.45, 2.75) is 33.0 Å². The van der Waals surface area contributed by atoms with Crippen LogP contribution in [-0.2, 0) is 20.3 Å². The molecule has 208 valence electrons. The van der Waals surface area contributed by atoms with Crippen LogP contribution in [0.5, 0.6) is 11.5 Å². The molecule has 2 amide bonds. The number of hydrogen-bond acceptors (Lipinski definition) is 4. The van der Waals surface area contributed by atoms with E-state index in [1.807, 2.05) is 115 Å². The number of carbonyl (C=O) groups excluding carboxylic acids is 1. The quantitative estimate of drug-likeness (QED) is 0.140. The van der Waals surface area contributed by atoms with Crippen molar-refractivity contribution in [3.63, 3.8) is 0 Å². The van der Waals surface area contributed by atoms with Gasteiger partial charge in [-0.25, -0.2) is 10.2 Å². The van der Waals surface area contributed by atoms with E-state index in [0.29, 0.717) is 24.7 Å². The number of ether oxygens (including phenoxy) is 2. The molecule has 0 saturated carbocycles. The summed E-state index contributed by atoms with van der Waals surface area (Å²) in [6.07, 6.45) is 3.59. The van der Waals surface area contributed by atoms with E-state index in [1.54, 1.807) is 6.21 Å². The molecule has 0 atom stereocenters. The topological polar surface area (TPSA) is 76.9 Å². The second-order valence-corrected chi connectivity index (χ2v) is 10.2. The molecule has 5 aromatic rings. The van der Waals surface area contributed by atoms with Gasteiger partial charge in [0.15, 0.2) is 0 Å². The molecule has 5 rings (SSSR count). The van der Waals surface area contributed by atoms with E-state index in [4.69, 9.17) is 9.47 Å². The second-order valence-electron chi connectivity index (χ2n) is 10.2. The van der Waals surface area contributed by atoms with Crippen molar-refractivity contribution in [2.75, 3.05) is 5.32 Å². The minimum absolute atomic E-state index is 0.195. The molecule has 0 fully saturated rings. The number of aryl methyl sites for hydroxylation is 1. The molecule has 0 bridgehead atoms. The van der Waals surface area contributed by atoms with Crippen molar-refractivity contribution >= 4 is 28.8 Å². The first-order valence-electron chi connectivity index (χ1n) is 13.6. The van der Waals surface area contributed by atoms with Crippen LogP contribution in [0, 0.1) is 0 Å². The summed E-state index contributed by atoms with van der Waals surface area (Å²) < 4.78 is 14.5. The zero-order valence-electron chi connectivity index (χ0n) is 23.5. The predicted molar refractivity (Wildman–Crippen MR) is 165 cm³/mol. The van der Waals surface area contributed by atoms with Crippen molar-refractivity contribution in [1.29, 1.82) is 0 Å². The first kappa shape index (κ1) is 27.5. The Morgan fingerprint density at radius 2 is 1.51 bits per heavy atom. The van der Waals surface area contributed by atoms with Gasteiger partial charge in [0.2, 0.25) is 0 Å². The summed E-state index contributed by atoms with van der Waals surface area (Å²) in [6, 6.07) is 31.3. The third kappa shape index (κ3) is 7.13. The van der Waals surface area contributed by atoms with Gasteiger partial charge in [0.25, 0.3) is 0 Å². The zero-order chi connectivity index (χ0) is 28.6. The highest BCUT2D eigenvalue weighted by molar-refractivity contribution is 5.94. The molecule has 2 N–H and O–H groups in total. The summed E-state index contributed by atoms with van der Waals surface area (Å²) in [7, 11) is 1.99. The number of hydrogen-bond donors (Lipinski definition) is 2. The van der Waals surface area contributed by atoms with E-state index in [2.05, 4.69) is 29.7 Å². The molecule has 7 heteroatoms. The maximum absolute atomic E-state index is 12.6. The van der Waals surface area contributed by atoms with E-state index in [1.165, 1.54) is 0 Å². The summed E-state index contributed by atoms with van der Waals surface area (Å²) in [5.41, 5.74) is 8.24. The van der Waals surface area contributed by atoms with E-state index in [9.17, 15) is 4.79 Å². The molecule has 7 nitrogen and oxygen atoms in total. The molecule has 1 heterocycles. The summed E-state index contributed by atoms with van der Waals surface area (Å²) in [4.78, 5) is 12.6. The molecule has 4 aromatic carbocycles. The van der Waals surface area contributed by atoms with Crippen molar-refractivity contribution in [3.05, 3.63) is 126 Å². The second kappa shape index (κ2) is 12.9. The van der Waals surface area contributed by atoms with Crippen LogP contribution in [0.2, 0.25) is 0 Å². The van der Waals surface area contributed by atoms with Crippen LogP contribution < -0.4 is 20.2 Å². The van der Waals surface area contributed by atoms with Crippen molar-refractivity contribution in [1.82, 2.24) is 9.99 Å². The average Bonchev–Trinajstić information content (AvgIpc) is 3.36. The van der Waals surface area contributed by atoms with Gasteiger partial charge in [0.05, 0.1) is 6.21 Å². The zero-order valence-corrected chi connectivity index (χ0v) is 23.5. The first-order valence-corrected chi connectivity index (χ1v) is 13.6. The molecular formula is C34H34N4O3. The average molecular weight is 547 g/mol. The van der Waals surface area contributed by atoms with Gasteiger partial charge >= 0.3 is 6.03 Å². The fourth-order valence-corrected chi connectivity index (χ4v) is 4.55. The van der Waals surface area contributed by atoms with Gasteiger partial charge in [0, 0.05) is 41.5 Å². The number of carbonyl (C=O) groups is 1. The van der Waals surface area contributed by atoms with Crippen molar-refractivity contribution < 1.29 is 14.3 Å². The van der Waals surface area contributed by atoms with Gasteiger partial charge in [-0.05, 0) is 52.9 Å². The molecule has 41 heavy (non-hydrogen) atoms. The molecule has 0 aliphatic heterocycles. The highest BCUT2D eigenvalue weighted by Gasteiger charge is 2.15. The van der Waals surface area contributed by atoms with E-state index in [-0.39, 0.29) is 5.92 Å². The molecule has 0 radical (unpaired) electrons. The largest absolute Gasteiger partial charge is 0.488 e. The maximum Gasteiger partial charge on any atom is 0.339 e. The van der Waals surface area contributed by atoms with Crippen LogP contribution in [0.15, 0.2) is 108 Å². The Hall–Kier alpha value is -5.04. The van der Waals surface area contributed by atoms with Crippen molar-refractivity contribution in [3.8, 4) is 11.5 Å². The molecule has 1 aromatic heterocycles. The van der Waals surface area contributed by atoms with Gasteiger partial charge in [-0.15, -0.1) is 0 Å². The third-order valence-electron chi connectivity index (χ3n) is 6.75. The standard InChI is InChI=1S/C34H34N4O3/c1-24(2)30-19-28(21-35-37-34(39)36-29-14-15-31-27(18-29)16-17-38(31)3)32(40-22-25-10-6-4-7-11-25)20-33(30)41-23-26-12-8-5-9-13-26/h4-21,24H,22-23H2,1-3H3,(H2,36,37,39)/b35-21+. The number of hydrazone groups is 1. The van der Waals surface area contributed by atoms with Crippen molar-refractivity contribution in [2.24, 2.45) is 12.1 Å². The Labute approximate surface area is 240 Å². The summed E-state index contributed by atoms with van der Waals surface area (Å²) >= 11 is 0. The number of rotatable bonds is 10. The van der Waals surface area contributed by atoms with Crippen LogP contribution in [0.25, 0.3) is 10.9 Å². The number of fused-ring (bicyclic) bond motifs is 1. The van der Waals surface area contributed by atoms with Crippen LogP contribution in [-0.4, -0.2) is 16.8 Å². The molecule has 0 spiro atoms. The Morgan fingerprint density at radius 1 is 0.854 bits per heavy atom. The lowest BCUT2D eigenvalue weighted by atomic mass is 9.99. The Morgan fingerprint density at radius 3 is 2.17 bits per heavy atom. The molecule has 0 unspecified atom stereocenters. The lowest BCUT2D eigenvalue weighted by Gasteiger charge is -2.18. The van der Waals surface area contributed by atoms with Gasteiger partial charge in [-0.3, -0.25) is 0 Å². The maximum atomic E-state index is 12.6.